The van der Waals surface area contributed by atoms with Crippen molar-refractivity contribution < 1.29 is 28.9 Å². The Morgan fingerprint density at radius 3 is 1.33 bits per heavy atom. The lowest BCUT2D eigenvalue weighted by atomic mass is 10.1. The highest BCUT2D eigenvalue weighted by atomic mass is 16.6. The fourth-order valence-corrected chi connectivity index (χ4v) is 4.74. The van der Waals surface area contributed by atoms with Crippen LogP contribution in [0.4, 0.5) is 11.4 Å². The van der Waals surface area contributed by atoms with Gasteiger partial charge in [-0.15, -0.1) is 0 Å². The third-order valence-corrected chi connectivity index (χ3v) is 7.14. The second-order valence-corrected chi connectivity index (χ2v) is 10.5. The third kappa shape index (κ3) is 8.44. The summed E-state index contributed by atoms with van der Waals surface area (Å²) in [5, 5.41) is 29.3. The number of hydrogen-bond acceptors (Lipinski definition) is 8. The zero-order chi connectivity index (χ0) is 33.1. The summed E-state index contributed by atoms with van der Waals surface area (Å²) in [4.78, 5) is 48.5. The van der Waals surface area contributed by atoms with Gasteiger partial charge in [0.25, 0.3) is 11.8 Å². The molecule has 4 aromatic carbocycles. The van der Waals surface area contributed by atoms with E-state index in [9.17, 15) is 29.8 Å². The van der Waals surface area contributed by atoms with Crippen LogP contribution in [0.3, 0.4) is 0 Å². The van der Waals surface area contributed by atoms with Gasteiger partial charge < -0.3 is 20.1 Å². The summed E-state index contributed by atoms with van der Waals surface area (Å²) < 4.78 is 11.6. The van der Waals surface area contributed by atoms with Gasteiger partial charge in [-0.1, -0.05) is 72.8 Å². The molecule has 0 aromatic heterocycles. The standard InChI is InChI=1S/C34H34N4O8/c1-23-15-17-27(29(37(41)42)31(23)45-21-25-11-5-3-6-12-25)33(39)35-19-9-10-20-36-34(40)28-18-16-24(2)32(30(28)38(43)44)46-22-26-13-7-4-8-14-26/h3-8,11-18H,9-10,19-22H2,1-2H3,(H,35,39)(H,36,40). The van der Waals surface area contributed by atoms with Crippen molar-refractivity contribution in [2.24, 2.45) is 0 Å². The summed E-state index contributed by atoms with van der Waals surface area (Å²) in [7, 11) is 0. The molecule has 0 aliphatic carbocycles. The lowest BCUT2D eigenvalue weighted by Gasteiger charge is -2.13. The minimum Gasteiger partial charge on any atom is -0.482 e. The summed E-state index contributed by atoms with van der Waals surface area (Å²) in [6, 6.07) is 24.4. The first-order valence-corrected chi connectivity index (χ1v) is 14.6. The number of carbonyl (C=O) groups excluding carboxylic acids is 2. The number of aryl methyl sites for hydroxylation is 2. The number of nitrogens with zero attached hydrogens (tertiary/aromatic N) is 2. The summed E-state index contributed by atoms with van der Waals surface area (Å²) in [6.07, 6.45) is 0.870. The van der Waals surface area contributed by atoms with Crippen LogP contribution in [0.2, 0.25) is 0 Å². The molecule has 238 valence electrons. The van der Waals surface area contributed by atoms with Crippen molar-refractivity contribution in [3.63, 3.8) is 0 Å². The van der Waals surface area contributed by atoms with Crippen molar-refractivity contribution in [1.29, 1.82) is 0 Å². The Kier molecular flexibility index (Phi) is 11.4. The van der Waals surface area contributed by atoms with E-state index in [0.29, 0.717) is 24.0 Å². The molecule has 2 N–H and O–H groups in total. The van der Waals surface area contributed by atoms with E-state index in [1.807, 2.05) is 60.7 Å². The van der Waals surface area contributed by atoms with Crippen LogP contribution >= 0.6 is 0 Å². The number of hydrogen-bond donors (Lipinski definition) is 2. The maximum Gasteiger partial charge on any atom is 0.323 e. The van der Waals surface area contributed by atoms with Crippen molar-refractivity contribution in [1.82, 2.24) is 10.6 Å². The van der Waals surface area contributed by atoms with Gasteiger partial charge in [0.2, 0.25) is 11.5 Å². The highest BCUT2D eigenvalue weighted by molar-refractivity contribution is 6.00. The summed E-state index contributed by atoms with van der Waals surface area (Å²) in [6.45, 7) is 3.92. The molecule has 12 heteroatoms. The molecule has 0 aliphatic rings. The van der Waals surface area contributed by atoms with E-state index in [-0.39, 0.29) is 48.9 Å². The fraction of sp³-hybridized carbons (Fsp3) is 0.235. The van der Waals surface area contributed by atoms with E-state index in [4.69, 9.17) is 9.47 Å². The number of carbonyl (C=O) groups is 2. The third-order valence-electron chi connectivity index (χ3n) is 7.14. The van der Waals surface area contributed by atoms with Crippen molar-refractivity contribution >= 4 is 23.2 Å². The molecular formula is C34H34N4O8. The van der Waals surface area contributed by atoms with Gasteiger partial charge in [0, 0.05) is 13.1 Å². The molecular weight excluding hydrogens is 592 g/mol. The molecule has 0 aliphatic heterocycles. The minimum atomic E-state index is -0.626. The molecule has 0 bridgehead atoms. The largest absolute Gasteiger partial charge is 0.482 e. The number of amides is 2. The Bertz CT molecular complexity index is 1580. The molecule has 0 heterocycles. The zero-order valence-electron chi connectivity index (χ0n) is 25.5. The van der Waals surface area contributed by atoms with Crippen LogP contribution < -0.4 is 20.1 Å². The topological polar surface area (TPSA) is 163 Å². The zero-order valence-corrected chi connectivity index (χ0v) is 25.5. The van der Waals surface area contributed by atoms with Crippen molar-refractivity contribution in [3.05, 3.63) is 139 Å². The lowest BCUT2D eigenvalue weighted by molar-refractivity contribution is -0.386. The lowest BCUT2D eigenvalue weighted by Crippen LogP contribution is -2.28. The van der Waals surface area contributed by atoms with Crippen molar-refractivity contribution in [2.75, 3.05) is 13.1 Å². The van der Waals surface area contributed by atoms with Crippen LogP contribution in [-0.4, -0.2) is 34.8 Å². The van der Waals surface area contributed by atoms with Gasteiger partial charge in [0.05, 0.1) is 9.85 Å². The van der Waals surface area contributed by atoms with Gasteiger partial charge in [0.1, 0.15) is 24.3 Å². The monoisotopic (exact) mass is 626 g/mol. The molecule has 0 saturated carbocycles. The highest BCUT2D eigenvalue weighted by Crippen LogP contribution is 2.36. The molecule has 4 aromatic rings. The molecule has 12 nitrogen and oxygen atoms in total. The molecule has 0 atom stereocenters. The Morgan fingerprint density at radius 2 is 0.978 bits per heavy atom. The van der Waals surface area contributed by atoms with Crippen molar-refractivity contribution in [3.8, 4) is 11.5 Å². The van der Waals surface area contributed by atoms with Crippen LogP contribution in [0.15, 0.2) is 84.9 Å². The van der Waals surface area contributed by atoms with Gasteiger partial charge in [-0.05, 0) is 61.1 Å². The van der Waals surface area contributed by atoms with Crippen LogP contribution in [0, 0.1) is 34.1 Å². The SMILES string of the molecule is Cc1ccc(C(=O)NCCCCNC(=O)c2ccc(C)c(OCc3ccccc3)c2[N+](=O)[O-])c([N+](=O)[O-])c1OCc1ccccc1. The fourth-order valence-electron chi connectivity index (χ4n) is 4.74. The molecule has 0 unspecified atom stereocenters. The quantitative estimate of drug-likeness (QED) is 0.0893. The van der Waals surface area contributed by atoms with Crippen molar-refractivity contribution in [2.45, 2.75) is 39.9 Å². The molecule has 0 fully saturated rings. The Morgan fingerprint density at radius 1 is 0.609 bits per heavy atom. The number of nitrogens with one attached hydrogen (secondary N) is 2. The Labute approximate surface area is 265 Å². The van der Waals surface area contributed by atoms with E-state index in [0.717, 1.165) is 11.1 Å². The Hall–Kier alpha value is -5.78. The second kappa shape index (κ2) is 15.8. The highest BCUT2D eigenvalue weighted by Gasteiger charge is 2.29. The number of unbranched alkanes of at least 4 members (excludes halogenated alkanes) is 1. The Balaban J connectivity index is 1.32. The second-order valence-electron chi connectivity index (χ2n) is 10.5. The normalized spacial score (nSPS) is 10.6. The molecule has 2 amide bonds. The van der Waals surface area contributed by atoms with Gasteiger partial charge >= 0.3 is 11.4 Å². The average Bonchev–Trinajstić information content (AvgIpc) is 3.05. The van der Waals surface area contributed by atoms with Crippen LogP contribution in [0.25, 0.3) is 0 Å². The molecule has 0 radical (unpaired) electrons. The first-order chi connectivity index (χ1) is 22.2. The number of nitro groups is 2. The smallest absolute Gasteiger partial charge is 0.323 e. The maximum absolute atomic E-state index is 12.9. The first kappa shape index (κ1) is 33.1. The van der Waals surface area contributed by atoms with E-state index in [1.54, 1.807) is 26.0 Å². The molecule has 0 saturated heterocycles. The predicted molar refractivity (Wildman–Crippen MR) is 171 cm³/mol. The summed E-state index contributed by atoms with van der Waals surface area (Å²) in [5.74, 6) is -1.19. The summed E-state index contributed by atoms with van der Waals surface area (Å²) in [5.41, 5.74) is 1.64. The predicted octanol–water partition coefficient (Wildman–Crippen LogP) is 6.22. The van der Waals surface area contributed by atoms with Gasteiger partial charge in [-0.2, -0.15) is 0 Å². The van der Waals surface area contributed by atoms with E-state index in [2.05, 4.69) is 10.6 Å². The number of nitro benzene ring substituents is 2. The van der Waals surface area contributed by atoms with Crippen LogP contribution in [0.5, 0.6) is 11.5 Å². The van der Waals surface area contributed by atoms with Crippen LogP contribution in [-0.2, 0) is 13.2 Å². The number of rotatable bonds is 15. The van der Waals surface area contributed by atoms with E-state index in [1.165, 1.54) is 12.1 Å². The maximum atomic E-state index is 12.9. The molecule has 46 heavy (non-hydrogen) atoms. The minimum absolute atomic E-state index is 0.0306. The molecule has 4 rings (SSSR count). The first-order valence-electron chi connectivity index (χ1n) is 14.6. The number of ether oxygens (including phenoxy) is 2. The average molecular weight is 627 g/mol. The summed E-state index contributed by atoms with van der Waals surface area (Å²) >= 11 is 0. The van der Waals surface area contributed by atoms with Crippen LogP contribution in [0.1, 0.15) is 55.8 Å². The van der Waals surface area contributed by atoms with Gasteiger partial charge in [-0.25, -0.2) is 0 Å². The number of benzene rings is 4. The molecule has 0 spiro atoms. The van der Waals surface area contributed by atoms with Gasteiger partial charge in [0.15, 0.2) is 0 Å². The van der Waals surface area contributed by atoms with E-state index < -0.39 is 33.0 Å². The van der Waals surface area contributed by atoms with E-state index >= 15 is 0 Å². The van der Waals surface area contributed by atoms with Gasteiger partial charge in [-0.3, -0.25) is 29.8 Å².